The third kappa shape index (κ3) is 5.90. The normalized spacial score (nSPS) is 29.8. The largest absolute Gasteiger partial charge is 0.316 e. The fourth-order valence-corrected chi connectivity index (χ4v) is 3.20. The van der Waals surface area contributed by atoms with Crippen LogP contribution in [0, 0.1) is 23.7 Å². The molecular weight excluding hydrogens is 206 g/mol. The topological polar surface area (TPSA) is 12.0 Å². The van der Waals surface area contributed by atoms with Gasteiger partial charge in [0.1, 0.15) is 0 Å². The lowest BCUT2D eigenvalue weighted by molar-refractivity contribution is 0.168. The van der Waals surface area contributed by atoms with Crippen LogP contribution >= 0.6 is 0 Å². The molecule has 1 saturated carbocycles. The quantitative estimate of drug-likeness (QED) is 0.646. The van der Waals surface area contributed by atoms with E-state index in [1.165, 1.54) is 51.6 Å². The number of nitrogens with one attached hydrogen (secondary N) is 1. The minimum absolute atomic E-state index is 0.872. The molecule has 0 aliphatic heterocycles. The first-order valence-corrected chi connectivity index (χ1v) is 7.84. The molecule has 0 aromatic carbocycles. The Bertz CT molecular complexity index is 188. The Morgan fingerprint density at radius 1 is 1.18 bits per heavy atom. The Balaban J connectivity index is 2.35. The minimum atomic E-state index is 0.872. The highest BCUT2D eigenvalue weighted by molar-refractivity contribution is 4.80. The first-order chi connectivity index (χ1) is 8.13. The maximum atomic E-state index is 3.64. The van der Waals surface area contributed by atoms with Crippen LogP contribution in [-0.2, 0) is 0 Å². The number of rotatable bonds is 7. The number of hydrogen-bond acceptors (Lipinski definition) is 1. The zero-order valence-electron chi connectivity index (χ0n) is 12.5. The summed E-state index contributed by atoms with van der Waals surface area (Å²) in [5, 5.41) is 3.64. The summed E-state index contributed by atoms with van der Waals surface area (Å²) in [7, 11) is 0. The Morgan fingerprint density at radius 3 is 2.59 bits per heavy atom. The highest BCUT2D eigenvalue weighted by Gasteiger charge is 2.27. The average molecular weight is 239 g/mol. The van der Waals surface area contributed by atoms with Crippen LogP contribution in [0.2, 0.25) is 0 Å². The van der Waals surface area contributed by atoms with E-state index >= 15 is 0 Å². The van der Waals surface area contributed by atoms with Crippen molar-refractivity contribution in [2.75, 3.05) is 13.1 Å². The Morgan fingerprint density at radius 2 is 1.94 bits per heavy atom. The second kappa shape index (κ2) is 8.13. The van der Waals surface area contributed by atoms with Crippen molar-refractivity contribution < 1.29 is 0 Å². The summed E-state index contributed by atoms with van der Waals surface area (Å²) in [6.07, 6.45) is 8.53. The highest BCUT2D eigenvalue weighted by Crippen LogP contribution is 2.36. The molecule has 1 heteroatoms. The van der Waals surface area contributed by atoms with Gasteiger partial charge in [-0.05, 0) is 62.4 Å². The Hall–Kier alpha value is -0.0400. The maximum absolute atomic E-state index is 3.64. The molecule has 0 radical (unpaired) electrons. The molecule has 0 spiro atoms. The molecule has 1 aliphatic rings. The second-order valence-corrected chi connectivity index (χ2v) is 6.61. The zero-order chi connectivity index (χ0) is 12.7. The van der Waals surface area contributed by atoms with Gasteiger partial charge in [-0.15, -0.1) is 0 Å². The molecule has 17 heavy (non-hydrogen) atoms. The van der Waals surface area contributed by atoms with E-state index in [2.05, 4.69) is 33.0 Å². The van der Waals surface area contributed by atoms with Gasteiger partial charge in [-0.2, -0.15) is 0 Å². The Labute approximate surface area is 109 Å². The van der Waals surface area contributed by atoms with E-state index in [0.29, 0.717) is 0 Å². The number of hydrogen-bond donors (Lipinski definition) is 1. The highest BCUT2D eigenvalue weighted by atomic mass is 14.9. The monoisotopic (exact) mass is 239 g/mol. The summed E-state index contributed by atoms with van der Waals surface area (Å²) < 4.78 is 0. The van der Waals surface area contributed by atoms with Crippen molar-refractivity contribution in [1.82, 2.24) is 5.32 Å². The molecule has 0 heterocycles. The lowest BCUT2D eigenvalue weighted by Crippen LogP contribution is -2.33. The first-order valence-electron chi connectivity index (χ1n) is 7.84. The molecule has 102 valence electrons. The molecule has 0 aromatic heterocycles. The van der Waals surface area contributed by atoms with Crippen LogP contribution in [0.4, 0.5) is 0 Å². The van der Waals surface area contributed by atoms with Crippen LogP contribution in [0.1, 0.15) is 66.2 Å². The van der Waals surface area contributed by atoms with Gasteiger partial charge in [0.15, 0.2) is 0 Å². The van der Waals surface area contributed by atoms with Gasteiger partial charge in [0.25, 0.3) is 0 Å². The standard InChI is InChI=1S/C16H33N/c1-5-10-17-12-16-9-7-14(4)11-15(16)8-6-13(2)3/h13-17H,5-12H2,1-4H3. The summed E-state index contributed by atoms with van der Waals surface area (Å²) in [6, 6.07) is 0. The molecule has 1 fully saturated rings. The molecule has 0 bridgehead atoms. The van der Waals surface area contributed by atoms with Gasteiger partial charge in [0, 0.05) is 0 Å². The summed E-state index contributed by atoms with van der Waals surface area (Å²) in [4.78, 5) is 0. The summed E-state index contributed by atoms with van der Waals surface area (Å²) in [5.74, 6) is 3.79. The molecular formula is C16H33N. The third-order valence-corrected chi connectivity index (χ3v) is 4.35. The van der Waals surface area contributed by atoms with Gasteiger partial charge in [0.2, 0.25) is 0 Å². The molecule has 3 unspecified atom stereocenters. The molecule has 3 atom stereocenters. The van der Waals surface area contributed by atoms with Gasteiger partial charge in [0.05, 0.1) is 0 Å². The van der Waals surface area contributed by atoms with Crippen LogP contribution < -0.4 is 5.32 Å². The minimum Gasteiger partial charge on any atom is -0.316 e. The summed E-state index contributed by atoms with van der Waals surface area (Å²) >= 11 is 0. The first kappa shape index (κ1) is 15.0. The van der Waals surface area contributed by atoms with Crippen LogP contribution in [-0.4, -0.2) is 13.1 Å². The SMILES string of the molecule is CCCNCC1CCC(C)CC1CCC(C)C. The predicted octanol–water partition coefficient (Wildman–Crippen LogP) is 4.47. The van der Waals surface area contributed by atoms with Crippen LogP contribution in [0.5, 0.6) is 0 Å². The van der Waals surface area contributed by atoms with Crippen molar-refractivity contribution in [3.8, 4) is 0 Å². The molecule has 1 aliphatic carbocycles. The zero-order valence-corrected chi connectivity index (χ0v) is 12.5. The van der Waals surface area contributed by atoms with Crippen molar-refractivity contribution in [3.63, 3.8) is 0 Å². The van der Waals surface area contributed by atoms with Gasteiger partial charge in [-0.25, -0.2) is 0 Å². The average Bonchev–Trinajstić information content (AvgIpc) is 2.29. The molecule has 1 N–H and O–H groups in total. The lowest BCUT2D eigenvalue weighted by atomic mass is 9.72. The van der Waals surface area contributed by atoms with E-state index in [1.807, 2.05) is 0 Å². The summed E-state index contributed by atoms with van der Waals surface area (Å²) in [5.41, 5.74) is 0. The van der Waals surface area contributed by atoms with Crippen molar-refractivity contribution >= 4 is 0 Å². The lowest BCUT2D eigenvalue weighted by Gasteiger charge is -2.35. The molecule has 1 nitrogen and oxygen atoms in total. The molecule has 0 aromatic rings. The van der Waals surface area contributed by atoms with E-state index in [9.17, 15) is 0 Å². The molecule has 1 rings (SSSR count). The van der Waals surface area contributed by atoms with Gasteiger partial charge < -0.3 is 5.32 Å². The predicted molar refractivity (Wildman–Crippen MR) is 77.2 cm³/mol. The van der Waals surface area contributed by atoms with Crippen molar-refractivity contribution in [2.24, 2.45) is 23.7 Å². The van der Waals surface area contributed by atoms with E-state index in [-0.39, 0.29) is 0 Å². The second-order valence-electron chi connectivity index (χ2n) is 6.61. The van der Waals surface area contributed by atoms with Crippen molar-refractivity contribution in [2.45, 2.75) is 66.2 Å². The van der Waals surface area contributed by atoms with Gasteiger partial charge in [-0.3, -0.25) is 0 Å². The van der Waals surface area contributed by atoms with E-state index in [1.54, 1.807) is 0 Å². The van der Waals surface area contributed by atoms with Crippen molar-refractivity contribution in [3.05, 3.63) is 0 Å². The van der Waals surface area contributed by atoms with E-state index in [0.717, 1.165) is 23.7 Å². The fourth-order valence-electron chi connectivity index (χ4n) is 3.20. The van der Waals surface area contributed by atoms with Gasteiger partial charge in [-0.1, -0.05) is 40.5 Å². The van der Waals surface area contributed by atoms with Gasteiger partial charge >= 0.3 is 0 Å². The molecule has 0 saturated heterocycles. The molecule has 0 amide bonds. The van der Waals surface area contributed by atoms with Crippen molar-refractivity contribution in [1.29, 1.82) is 0 Å². The van der Waals surface area contributed by atoms with E-state index < -0.39 is 0 Å². The Kier molecular flexibility index (Phi) is 7.18. The maximum Gasteiger partial charge on any atom is -0.00179 e. The third-order valence-electron chi connectivity index (χ3n) is 4.35. The fraction of sp³-hybridized carbons (Fsp3) is 1.00. The van der Waals surface area contributed by atoms with Crippen LogP contribution in [0.25, 0.3) is 0 Å². The summed E-state index contributed by atoms with van der Waals surface area (Å²) in [6.45, 7) is 11.9. The van der Waals surface area contributed by atoms with Crippen LogP contribution in [0.3, 0.4) is 0 Å². The van der Waals surface area contributed by atoms with E-state index in [4.69, 9.17) is 0 Å². The smallest absolute Gasteiger partial charge is 0.00179 e. The van der Waals surface area contributed by atoms with Crippen LogP contribution in [0.15, 0.2) is 0 Å².